The zero-order chi connectivity index (χ0) is 9.07. The standard InChI is InChI=1S/C5H5F3O3/c1-3(9)11-4(10)2-5(6,7)8/h2H2,1H3. The molecule has 0 aliphatic rings. The number of halogens is 3. The van der Waals surface area contributed by atoms with Gasteiger partial charge in [0.05, 0.1) is 0 Å². The molecule has 0 amide bonds. The van der Waals surface area contributed by atoms with Crippen molar-refractivity contribution in [2.45, 2.75) is 19.5 Å². The molecule has 0 aromatic heterocycles. The van der Waals surface area contributed by atoms with E-state index < -0.39 is 24.5 Å². The van der Waals surface area contributed by atoms with Crippen molar-refractivity contribution in [2.24, 2.45) is 0 Å². The molecule has 0 rings (SSSR count). The zero-order valence-corrected chi connectivity index (χ0v) is 5.57. The fraction of sp³-hybridized carbons (Fsp3) is 0.600. The Morgan fingerprint density at radius 2 is 1.82 bits per heavy atom. The summed E-state index contributed by atoms with van der Waals surface area (Å²) in [5, 5.41) is 0. The minimum absolute atomic E-state index is 0.855. The second-order valence-electron chi connectivity index (χ2n) is 1.76. The lowest BCUT2D eigenvalue weighted by Gasteiger charge is -2.03. The van der Waals surface area contributed by atoms with E-state index in [2.05, 4.69) is 4.74 Å². The zero-order valence-electron chi connectivity index (χ0n) is 5.57. The number of hydrogen-bond acceptors (Lipinski definition) is 3. The Bertz CT molecular complexity index is 172. The van der Waals surface area contributed by atoms with Gasteiger partial charge in [-0.1, -0.05) is 0 Å². The minimum atomic E-state index is -4.62. The molecular weight excluding hydrogens is 165 g/mol. The first-order valence-corrected chi connectivity index (χ1v) is 2.59. The molecule has 11 heavy (non-hydrogen) atoms. The van der Waals surface area contributed by atoms with Crippen molar-refractivity contribution < 1.29 is 27.5 Å². The molecule has 0 heterocycles. The van der Waals surface area contributed by atoms with Crippen LogP contribution in [-0.2, 0) is 14.3 Å². The normalized spacial score (nSPS) is 10.9. The summed E-state index contributed by atoms with van der Waals surface area (Å²) in [5.74, 6) is -2.62. The van der Waals surface area contributed by atoms with Gasteiger partial charge < -0.3 is 4.74 Å². The molecule has 6 heteroatoms. The van der Waals surface area contributed by atoms with Crippen LogP contribution in [0.25, 0.3) is 0 Å². The molecule has 3 nitrogen and oxygen atoms in total. The number of ether oxygens (including phenoxy) is 1. The van der Waals surface area contributed by atoms with Crippen LogP contribution in [0.2, 0.25) is 0 Å². The first-order chi connectivity index (χ1) is 4.81. The Hall–Kier alpha value is -1.07. The van der Waals surface area contributed by atoms with Crippen molar-refractivity contribution in [1.82, 2.24) is 0 Å². The highest BCUT2D eigenvalue weighted by Crippen LogP contribution is 2.19. The highest BCUT2D eigenvalue weighted by Gasteiger charge is 2.32. The summed E-state index contributed by atoms with van der Waals surface area (Å²) >= 11 is 0. The third-order valence-corrected chi connectivity index (χ3v) is 0.602. The molecule has 0 bridgehead atoms. The lowest BCUT2D eigenvalue weighted by atomic mass is 10.4. The van der Waals surface area contributed by atoms with Crippen molar-refractivity contribution in [1.29, 1.82) is 0 Å². The maximum atomic E-state index is 11.3. The molecule has 0 radical (unpaired) electrons. The predicted molar refractivity (Wildman–Crippen MR) is 27.4 cm³/mol. The second kappa shape index (κ2) is 3.36. The van der Waals surface area contributed by atoms with Gasteiger partial charge in [-0.15, -0.1) is 0 Å². The maximum absolute atomic E-state index is 11.3. The average Bonchev–Trinajstić information content (AvgIpc) is 1.53. The molecule has 0 atom stereocenters. The van der Waals surface area contributed by atoms with E-state index in [9.17, 15) is 22.8 Å². The summed E-state index contributed by atoms with van der Waals surface area (Å²) in [4.78, 5) is 20.0. The number of rotatable bonds is 1. The van der Waals surface area contributed by atoms with Crippen LogP contribution in [0.3, 0.4) is 0 Å². The Balaban J connectivity index is 3.80. The largest absolute Gasteiger partial charge is 0.399 e. The second-order valence-corrected chi connectivity index (χ2v) is 1.76. The van der Waals surface area contributed by atoms with Crippen LogP contribution in [-0.4, -0.2) is 18.1 Å². The summed E-state index contributed by atoms with van der Waals surface area (Å²) in [7, 11) is 0. The predicted octanol–water partition coefficient (Wildman–Crippen LogP) is 1.03. The Morgan fingerprint density at radius 1 is 1.36 bits per heavy atom. The molecule has 64 valence electrons. The molecule has 0 aliphatic heterocycles. The Kier molecular flexibility index (Phi) is 3.03. The average molecular weight is 170 g/mol. The summed E-state index contributed by atoms with van der Waals surface area (Å²) in [6, 6.07) is 0. The first kappa shape index (κ1) is 9.93. The van der Waals surface area contributed by atoms with Gasteiger partial charge in [0.2, 0.25) is 0 Å². The number of alkyl halides is 3. The van der Waals surface area contributed by atoms with Crippen LogP contribution in [0.1, 0.15) is 13.3 Å². The quantitative estimate of drug-likeness (QED) is 0.436. The van der Waals surface area contributed by atoms with Gasteiger partial charge in [-0.05, 0) is 0 Å². The lowest BCUT2D eigenvalue weighted by Crippen LogP contribution is -2.18. The lowest BCUT2D eigenvalue weighted by molar-refractivity contribution is -0.175. The van der Waals surface area contributed by atoms with E-state index in [1.54, 1.807) is 0 Å². The highest BCUT2D eigenvalue weighted by molar-refractivity contribution is 5.84. The van der Waals surface area contributed by atoms with E-state index in [0.29, 0.717) is 0 Å². The number of hydrogen-bond donors (Lipinski definition) is 0. The van der Waals surface area contributed by atoms with Gasteiger partial charge in [0.25, 0.3) is 0 Å². The fourth-order valence-corrected chi connectivity index (χ4v) is 0.360. The van der Waals surface area contributed by atoms with Crippen LogP contribution in [0.4, 0.5) is 13.2 Å². The van der Waals surface area contributed by atoms with Gasteiger partial charge in [0.1, 0.15) is 6.42 Å². The Labute approximate surface area is 60.1 Å². The number of carbonyl (C=O) groups excluding carboxylic acids is 2. The SMILES string of the molecule is CC(=O)OC(=O)CC(F)(F)F. The molecule has 0 aliphatic carbocycles. The van der Waals surface area contributed by atoms with Crippen LogP contribution >= 0.6 is 0 Å². The van der Waals surface area contributed by atoms with Crippen LogP contribution in [0.5, 0.6) is 0 Å². The third-order valence-electron chi connectivity index (χ3n) is 0.602. The van der Waals surface area contributed by atoms with Gasteiger partial charge in [-0.3, -0.25) is 9.59 Å². The maximum Gasteiger partial charge on any atom is 0.399 e. The monoisotopic (exact) mass is 170 g/mol. The molecule has 0 aromatic carbocycles. The van der Waals surface area contributed by atoms with Gasteiger partial charge in [-0.25, -0.2) is 0 Å². The minimum Gasteiger partial charge on any atom is -0.393 e. The van der Waals surface area contributed by atoms with E-state index in [-0.39, 0.29) is 0 Å². The Morgan fingerprint density at radius 3 is 2.09 bits per heavy atom. The molecule has 0 spiro atoms. The van der Waals surface area contributed by atoms with E-state index in [0.717, 1.165) is 6.92 Å². The molecule has 0 fully saturated rings. The van der Waals surface area contributed by atoms with Crippen molar-refractivity contribution >= 4 is 11.9 Å². The summed E-state index contributed by atoms with van der Waals surface area (Å²) in [6.07, 6.45) is -6.35. The van der Waals surface area contributed by atoms with Crippen LogP contribution < -0.4 is 0 Å². The van der Waals surface area contributed by atoms with Crippen LogP contribution in [0.15, 0.2) is 0 Å². The molecular formula is C5H5F3O3. The molecule has 0 saturated carbocycles. The van der Waals surface area contributed by atoms with Gasteiger partial charge in [0, 0.05) is 6.92 Å². The first-order valence-electron chi connectivity index (χ1n) is 2.59. The molecule has 0 unspecified atom stereocenters. The number of esters is 2. The summed E-state index contributed by atoms with van der Waals surface area (Å²) in [5.41, 5.74) is 0. The van der Waals surface area contributed by atoms with Crippen molar-refractivity contribution in [3.63, 3.8) is 0 Å². The van der Waals surface area contributed by atoms with Crippen LogP contribution in [0, 0.1) is 0 Å². The van der Waals surface area contributed by atoms with Crippen molar-refractivity contribution in [3.8, 4) is 0 Å². The van der Waals surface area contributed by atoms with Crippen molar-refractivity contribution in [2.75, 3.05) is 0 Å². The number of carbonyl (C=O) groups is 2. The van der Waals surface area contributed by atoms with Gasteiger partial charge >= 0.3 is 18.1 Å². The van der Waals surface area contributed by atoms with Crippen molar-refractivity contribution in [3.05, 3.63) is 0 Å². The van der Waals surface area contributed by atoms with Gasteiger partial charge in [0.15, 0.2) is 0 Å². The molecule has 0 saturated heterocycles. The topological polar surface area (TPSA) is 43.4 Å². The highest BCUT2D eigenvalue weighted by atomic mass is 19.4. The fourth-order valence-electron chi connectivity index (χ4n) is 0.360. The van der Waals surface area contributed by atoms with E-state index >= 15 is 0 Å². The van der Waals surface area contributed by atoms with E-state index in [1.807, 2.05) is 0 Å². The smallest absolute Gasteiger partial charge is 0.393 e. The van der Waals surface area contributed by atoms with Gasteiger partial charge in [-0.2, -0.15) is 13.2 Å². The summed E-state index contributed by atoms with van der Waals surface area (Å²) < 4.78 is 37.7. The summed E-state index contributed by atoms with van der Waals surface area (Å²) in [6.45, 7) is 0.855. The van der Waals surface area contributed by atoms with E-state index in [1.165, 1.54) is 0 Å². The molecule has 0 aromatic rings. The molecule has 0 N–H and O–H groups in total. The van der Waals surface area contributed by atoms with E-state index in [4.69, 9.17) is 0 Å². The third kappa shape index (κ3) is 6.82.